The lowest BCUT2D eigenvalue weighted by atomic mass is 10.1. The Labute approximate surface area is 96.1 Å². The van der Waals surface area contributed by atoms with E-state index >= 15 is 0 Å². The molecular weight excluding hydrogens is 208 g/mol. The van der Waals surface area contributed by atoms with E-state index in [1.54, 1.807) is 0 Å². The van der Waals surface area contributed by atoms with Crippen molar-refractivity contribution in [1.82, 2.24) is 10.3 Å². The van der Waals surface area contributed by atoms with E-state index in [0.29, 0.717) is 5.92 Å². The Bertz CT molecular complexity index is 345. The van der Waals surface area contributed by atoms with Gasteiger partial charge < -0.3 is 5.32 Å². The molecular formula is C12H17ClN2. The number of rotatable bonds is 4. The predicted molar refractivity (Wildman–Crippen MR) is 63.2 cm³/mol. The van der Waals surface area contributed by atoms with Crippen molar-refractivity contribution in [2.75, 3.05) is 0 Å². The largest absolute Gasteiger partial charge is 0.308 e. The molecule has 1 aliphatic rings. The van der Waals surface area contributed by atoms with Gasteiger partial charge in [0.05, 0.1) is 16.4 Å². The van der Waals surface area contributed by atoms with Crippen molar-refractivity contribution in [3.05, 3.63) is 28.5 Å². The molecule has 1 aromatic heterocycles. The summed E-state index contributed by atoms with van der Waals surface area (Å²) < 4.78 is 0. The second-order valence-corrected chi connectivity index (χ2v) is 4.89. The third kappa shape index (κ3) is 2.93. The van der Waals surface area contributed by atoms with Gasteiger partial charge in [0.1, 0.15) is 0 Å². The van der Waals surface area contributed by atoms with Gasteiger partial charge in [-0.3, -0.25) is 4.98 Å². The van der Waals surface area contributed by atoms with Gasteiger partial charge >= 0.3 is 0 Å². The maximum absolute atomic E-state index is 6.08. The first-order valence-electron chi connectivity index (χ1n) is 5.55. The number of halogens is 1. The van der Waals surface area contributed by atoms with Crippen LogP contribution in [0.5, 0.6) is 0 Å². The van der Waals surface area contributed by atoms with Crippen LogP contribution in [-0.2, 0) is 6.54 Å². The molecule has 2 rings (SSSR count). The number of aromatic nitrogens is 1. The van der Waals surface area contributed by atoms with Gasteiger partial charge in [-0.05, 0) is 30.9 Å². The minimum Gasteiger partial charge on any atom is -0.308 e. The van der Waals surface area contributed by atoms with Crippen molar-refractivity contribution in [3.63, 3.8) is 0 Å². The monoisotopic (exact) mass is 224 g/mol. The molecule has 1 aromatic rings. The van der Waals surface area contributed by atoms with Crippen molar-refractivity contribution in [3.8, 4) is 0 Å². The highest BCUT2D eigenvalue weighted by molar-refractivity contribution is 6.31. The van der Waals surface area contributed by atoms with Crippen LogP contribution in [0.1, 0.15) is 44.0 Å². The van der Waals surface area contributed by atoms with Crippen molar-refractivity contribution in [2.24, 2.45) is 0 Å². The summed E-state index contributed by atoms with van der Waals surface area (Å²) in [5.74, 6) is 0.387. The van der Waals surface area contributed by atoms with Crippen molar-refractivity contribution >= 4 is 11.6 Å². The summed E-state index contributed by atoms with van der Waals surface area (Å²) in [5, 5.41) is 4.23. The van der Waals surface area contributed by atoms with Gasteiger partial charge in [-0.15, -0.1) is 0 Å². The molecule has 0 spiro atoms. The van der Waals surface area contributed by atoms with Gasteiger partial charge in [-0.25, -0.2) is 0 Å². The topological polar surface area (TPSA) is 24.9 Å². The first-order valence-corrected chi connectivity index (χ1v) is 5.93. The van der Waals surface area contributed by atoms with E-state index in [4.69, 9.17) is 11.6 Å². The third-order valence-electron chi connectivity index (χ3n) is 2.63. The van der Waals surface area contributed by atoms with Crippen LogP contribution in [0, 0.1) is 0 Å². The lowest BCUT2D eigenvalue weighted by molar-refractivity contribution is 0.667. The smallest absolute Gasteiger partial charge is 0.0624 e. The molecule has 1 saturated carbocycles. The average molecular weight is 225 g/mol. The van der Waals surface area contributed by atoms with Gasteiger partial charge in [-0.2, -0.15) is 0 Å². The van der Waals surface area contributed by atoms with Gasteiger partial charge in [0, 0.05) is 12.6 Å². The molecule has 0 aliphatic heterocycles. The highest BCUT2D eigenvalue weighted by atomic mass is 35.5. The summed E-state index contributed by atoms with van der Waals surface area (Å²) >= 11 is 6.08. The standard InChI is InChI=1S/C12H17ClN2/c1-8(2)12-11(13)6-5-10(15-12)7-14-9-3-4-9/h5-6,8-9,14H,3-4,7H2,1-2H3. The van der Waals surface area contributed by atoms with Crippen molar-refractivity contribution in [2.45, 2.75) is 45.2 Å². The van der Waals surface area contributed by atoms with E-state index in [1.165, 1.54) is 12.8 Å². The van der Waals surface area contributed by atoms with Crippen LogP contribution in [0.2, 0.25) is 5.02 Å². The van der Waals surface area contributed by atoms with E-state index in [0.717, 1.165) is 29.0 Å². The Hall–Kier alpha value is -0.600. The molecule has 3 heteroatoms. The van der Waals surface area contributed by atoms with Crippen LogP contribution >= 0.6 is 11.6 Å². The predicted octanol–water partition coefficient (Wildman–Crippen LogP) is 3.11. The van der Waals surface area contributed by atoms with E-state index in [-0.39, 0.29) is 0 Å². The highest BCUT2D eigenvalue weighted by Crippen LogP contribution is 2.23. The van der Waals surface area contributed by atoms with Crippen LogP contribution in [0.3, 0.4) is 0 Å². The number of nitrogens with one attached hydrogen (secondary N) is 1. The van der Waals surface area contributed by atoms with Gasteiger partial charge in [0.2, 0.25) is 0 Å². The maximum Gasteiger partial charge on any atom is 0.0624 e. The van der Waals surface area contributed by atoms with E-state index in [9.17, 15) is 0 Å². The van der Waals surface area contributed by atoms with Gasteiger partial charge in [0.15, 0.2) is 0 Å². The molecule has 1 heterocycles. The fourth-order valence-corrected chi connectivity index (χ4v) is 1.86. The molecule has 0 bridgehead atoms. The lowest BCUT2D eigenvalue weighted by Crippen LogP contribution is -2.16. The zero-order valence-electron chi connectivity index (χ0n) is 9.26. The normalized spacial score (nSPS) is 16.0. The van der Waals surface area contributed by atoms with E-state index in [1.807, 2.05) is 12.1 Å². The Balaban J connectivity index is 2.06. The van der Waals surface area contributed by atoms with Gasteiger partial charge in [-0.1, -0.05) is 25.4 Å². The van der Waals surface area contributed by atoms with Crippen molar-refractivity contribution < 1.29 is 0 Å². The summed E-state index contributed by atoms with van der Waals surface area (Å²) in [5.41, 5.74) is 2.10. The van der Waals surface area contributed by atoms with E-state index < -0.39 is 0 Å². The molecule has 1 aliphatic carbocycles. The van der Waals surface area contributed by atoms with Crippen LogP contribution in [0.15, 0.2) is 12.1 Å². The molecule has 1 fully saturated rings. The summed E-state index contributed by atoms with van der Waals surface area (Å²) in [6, 6.07) is 4.68. The number of pyridine rings is 1. The summed E-state index contributed by atoms with van der Waals surface area (Å²) in [6.07, 6.45) is 2.62. The third-order valence-corrected chi connectivity index (χ3v) is 2.95. The van der Waals surface area contributed by atoms with Crippen LogP contribution in [-0.4, -0.2) is 11.0 Å². The Morgan fingerprint density at radius 1 is 1.47 bits per heavy atom. The Morgan fingerprint density at radius 3 is 2.80 bits per heavy atom. The number of nitrogens with zero attached hydrogens (tertiary/aromatic N) is 1. The number of hydrogen-bond donors (Lipinski definition) is 1. The molecule has 0 amide bonds. The quantitative estimate of drug-likeness (QED) is 0.850. The molecule has 82 valence electrons. The zero-order valence-corrected chi connectivity index (χ0v) is 10.0. The summed E-state index contributed by atoms with van der Waals surface area (Å²) in [7, 11) is 0. The van der Waals surface area contributed by atoms with Crippen molar-refractivity contribution in [1.29, 1.82) is 0 Å². The van der Waals surface area contributed by atoms with Crippen LogP contribution < -0.4 is 5.32 Å². The molecule has 1 N–H and O–H groups in total. The fourth-order valence-electron chi connectivity index (χ4n) is 1.54. The Morgan fingerprint density at radius 2 is 2.20 bits per heavy atom. The molecule has 0 radical (unpaired) electrons. The fraction of sp³-hybridized carbons (Fsp3) is 0.583. The van der Waals surface area contributed by atoms with Crippen LogP contribution in [0.4, 0.5) is 0 Å². The minimum absolute atomic E-state index is 0.387. The first-order chi connectivity index (χ1) is 7.16. The van der Waals surface area contributed by atoms with Gasteiger partial charge in [0.25, 0.3) is 0 Å². The minimum atomic E-state index is 0.387. The maximum atomic E-state index is 6.08. The molecule has 0 saturated heterocycles. The summed E-state index contributed by atoms with van der Waals surface area (Å²) in [6.45, 7) is 5.10. The lowest BCUT2D eigenvalue weighted by Gasteiger charge is -2.09. The molecule has 0 aromatic carbocycles. The molecule has 0 unspecified atom stereocenters. The first kappa shape index (κ1) is 10.9. The molecule has 0 atom stereocenters. The second-order valence-electron chi connectivity index (χ2n) is 4.48. The highest BCUT2D eigenvalue weighted by Gasteiger charge is 2.20. The number of hydrogen-bond acceptors (Lipinski definition) is 2. The SMILES string of the molecule is CC(C)c1nc(CNC2CC2)ccc1Cl. The second kappa shape index (κ2) is 4.50. The van der Waals surface area contributed by atoms with Crippen LogP contribution in [0.25, 0.3) is 0 Å². The molecule has 2 nitrogen and oxygen atoms in total. The Kier molecular flexibility index (Phi) is 3.27. The average Bonchev–Trinajstić information content (AvgIpc) is 3.00. The zero-order chi connectivity index (χ0) is 10.8. The van der Waals surface area contributed by atoms with E-state index in [2.05, 4.69) is 24.1 Å². The molecule has 15 heavy (non-hydrogen) atoms. The summed E-state index contributed by atoms with van der Waals surface area (Å²) in [4.78, 5) is 4.58.